The van der Waals surface area contributed by atoms with Gasteiger partial charge >= 0.3 is 6.09 Å². The lowest BCUT2D eigenvalue weighted by molar-refractivity contribution is -0.384. The summed E-state index contributed by atoms with van der Waals surface area (Å²) in [5.74, 6) is -0.108. The van der Waals surface area contributed by atoms with Crippen molar-refractivity contribution < 1.29 is 19.2 Å². The molecular formula is C22H16N2O5. The van der Waals surface area contributed by atoms with E-state index in [-0.39, 0.29) is 29.5 Å². The number of fused-ring (bicyclic) bond motifs is 3. The number of benzene rings is 3. The maximum absolute atomic E-state index is 12.3. The molecule has 0 heterocycles. The first-order valence-electron chi connectivity index (χ1n) is 8.94. The van der Waals surface area contributed by atoms with Crippen LogP contribution in [0.2, 0.25) is 0 Å². The van der Waals surface area contributed by atoms with Gasteiger partial charge in [-0.05, 0) is 28.3 Å². The third-order valence-electron chi connectivity index (χ3n) is 4.96. The summed E-state index contributed by atoms with van der Waals surface area (Å²) in [7, 11) is 0. The third kappa shape index (κ3) is 3.45. The lowest BCUT2D eigenvalue weighted by Gasteiger charge is -2.15. The van der Waals surface area contributed by atoms with Crippen LogP contribution in [0.1, 0.15) is 27.4 Å². The highest BCUT2D eigenvalue weighted by atomic mass is 16.6. The van der Waals surface area contributed by atoms with E-state index in [0.717, 1.165) is 28.3 Å². The predicted molar refractivity (Wildman–Crippen MR) is 107 cm³/mol. The van der Waals surface area contributed by atoms with E-state index in [9.17, 15) is 19.7 Å². The number of rotatable bonds is 5. The van der Waals surface area contributed by atoms with Gasteiger partial charge in [-0.25, -0.2) is 4.79 Å². The molecule has 0 aromatic heterocycles. The molecule has 1 N–H and O–H groups in total. The zero-order valence-corrected chi connectivity index (χ0v) is 15.2. The van der Waals surface area contributed by atoms with Gasteiger partial charge in [-0.15, -0.1) is 0 Å². The largest absolute Gasteiger partial charge is 0.448 e. The fourth-order valence-electron chi connectivity index (χ4n) is 3.61. The van der Waals surface area contributed by atoms with E-state index in [4.69, 9.17) is 4.74 Å². The lowest BCUT2D eigenvalue weighted by atomic mass is 9.98. The number of ether oxygens (including phenoxy) is 1. The van der Waals surface area contributed by atoms with Gasteiger partial charge in [-0.1, -0.05) is 48.5 Å². The quantitative estimate of drug-likeness (QED) is 0.386. The standard InChI is InChI=1S/C22H16N2O5/c25-12-14-9-10-15(24(27)28)11-21(14)23-22(26)29-13-20-18-7-3-1-5-16(18)17-6-2-4-8-19(17)20/h1-12,20H,13H2,(H,23,26). The topological polar surface area (TPSA) is 98.5 Å². The molecule has 0 spiro atoms. The Balaban J connectivity index is 1.52. The van der Waals surface area contributed by atoms with E-state index in [1.54, 1.807) is 0 Å². The van der Waals surface area contributed by atoms with E-state index < -0.39 is 11.0 Å². The molecule has 0 saturated heterocycles. The van der Waals surface area contributed by atoms with Gasteiger partial charge in [0.1, 0.15) is 6.61 Å². The predicted octanol–water partition coefficient (Wildman–Crippen LogP) is 4.77. The van der Waals surface area contributed by atoms with Crippen LogP contribution in [0.4, 0.5) is 16.2 Å². The SMILES string of the molecule is O=Cc1ccc([N+](=O)[O-])cc1NC(=O)OCC1c2ccccc2-c2ccccc21. The molecule has 7 nitrogen and oxygen atoms in total. The number of carbonyl (C=O) groups is 2. The minimum atomic E-state index is -0.782. The first kappa shape index (κ1) is 18.4. The Kier molecular flexibility index (Phi) is 4.78. The summed E-state index contributed by atoms with van der Waals surface area (Å²) in [5, 5.41) is 13.4. The Morgan fingerprint density at radius 3 is 2.24 bits per heavy atom. The summed E-state index contributed by atoms with van der Waals surface area (Å²) >= 11 is 0. The van der Waals surface area contributed by atoms with Crippen molar-refractivity contribution in [3.63, 3.8) is 0 Å². The highest BCUT2D eigenvalue weighted by Crippen LogP contribution is 2.44. The molecule has 0 aliphatic heterocycles. The maximum atomic E-state index is 12.3. The van der Waals surface area contributed by atoms with Gasteiger partial charge in [0.15, 0.2) is 6.29 Å². The minimum Gasteiger partial charge on any atom is -0.448 e. The second-order valence-electron chi connectivity index (χ2n) is 6.60. The van der Waals surface area contributed by atoms with E-state index in [2.05, 4.69) is 5.32 Å². The molecule has 0 bridgehead atoms. The number of nitro benzene ring substituents is 1. The summed E-state index contributed by atoms with van der Waals surface area (Å²) in [4.78, 5) is 33.8. The summed E-state index contributed by atoms with van der Waals surface area (Å²) in [6, 6.07) is 19.5. The number of hydrogen-bond donors (Lipinski definition) is 1. The van der Waals surface area contributed by atoms with Gasteiger partial charge in [-0.2, -0.15) is 0 Å². The molecule has 3 aromatic carbocycles. The highest BCUT2D eigenvalue weighted by Gasteiger charge is 2.29. The van der Waals surface area contributed by atoms with Gasteiger partial charge < -0.3 is 4.74 Å². The maximum Gasteiger partial charge on any atom is 0.411 e. The summed E-state index contributed by atoms with van der Waals surface area (Å²) in [6.07, 6.45) is -0.265. The molecule has 7 heteroatoms. The average Bonchev–Trinajstić information content (AvgIpc) is 3.06. The average molecular weight is 388 g/mol. The first-order valence-corrected chi connectivity index (χ1v) is 8.94. The van der Waals surface area contributed by atoms with Crippen LogP contribution < -0.4 is 5.32 Å². The fraction of sp³-hybridized carbons (Fsp3) is 0.0909. The van der Waals surface area contributed by atoms with Crippen LogP contribution in [-0.4, -0.2) is 23.9 Å². The number of nitro groups is 1. The highest BCUT2D eigenvalue weighted by molar-refractivity contribution is 5.94. The molecule has 0 saturated carbocycles. The van der Waals surface area contributed by atoms with Crippen LogP contribution in [0.15, 0.2) is 66.7 Å². The number of nitrogens with zero attached hydrogens (tertiary/aromatic N) is 1. The van der Waals surface area contributed by atoms with Crippen molar-refractivity contribution in [1.82, 2.24) is 0 Å². The van der Waals surface area contributed by atoms with Crippen LogP contribution in [0.3, 0.4) is 0 Å². The summed E-state index contributed by atoms with van der Waals surface area (Å²) in [6.45, 7) is 0.102. The molecule has 1 aliphatic carbocycles. The number of hydrogen-bond acceptors (Lipinski definition) is 5. The Labute approximate surface area is 166 Å². The number of anilines is 1. The van der Waals surface area contributed by atoms with Crippen LogP contribution >= 0.6 is 0 Å². The summed E-state index contributed by atoms with van der Waals surface area (Å²) < 4.78 is 5.41. The number of aldehydes is 1. The van der Waals surface area contributed by atoms with Crippen molar-refractivity contribution in [3.8, 4) is 11.1 Å². The second-order valence-corrected chi connectivity index (χ2v) is 6.60. The Bertz CT molecular complexity index is 1080. The Morgan fingerprint density at radius 2 is 1.66 bits per heavy atom. The number of amides is 1. The van der Waals surface area contributed by atoms with Crippen molar-refractivity contribution in [2.75, 3.05) is 11.9 Å². The van der Waals surface area contributed by atoms with E-state index in [1.807, 2.05) is 48.5 Å². The molecule has 1 aliphatic rings. The summed E-state index contributed by atoms with van der Waals surface area (Å²) in [5.41, 5.74) is 4.30. The molecule has 4 rings (SSSR count). The molecule has 1 amide bonds. The van der Waals surface area contributed by atoms with Crippen molar-refractivity contribution in [1.29, 1.82) is 0 Å². The van der Waals surface area contributed by atoms with Crippen LogP contribution in [-0.2, 0) is 4.74 Å². The monoisotopic (exact) mass is 388 g/mol. The lowest BCUT2D eigenvalue weighted by Crippen LogP contribution is -2.18. The molecule has 29 heavy (non-hydrogen) atoms. The van der Waals surface area contributed by atoms with Crippen molar-refractivity contribution in [3.05, 3.63) is 93.5 Å². The smallest absolute Gasteiger partial charge is 0.411 e. The zero-order valence-electron chi connectivity index (χ0n) is 15.2. The van der Waals surface area contributed by atoms with Gasteiger partial charge in [0.25, 0.3) is 5.69 Å². The van der Waals surface area contributed by atoms with E-state index >= 15 is 0 Å². The van der Waals surface area contributed by atoms with Crippen molar-refractivity contribution >= 4 is 23.8 Å². The number of nitrogens with one attached hydrogen (secondary N) is 1. The zero-order chi connectivity index (χ0) is 20.4. The molecule has 0 unspecified atom stereocenters. The molecule has 0 radical (unpaired) electrons. The second kappa shape index (κ2) is 7.55. The minimum absolute atomic E-state index is 0.0337. The fourth-order valence-corrected chi connectivity index (χ4v) is 3.61. The van der Waals surface area contributed by atoms with Crippen molar-refractivity contribution in [2.45, 2.75) is 5.92 Å². The molecule has 0 fully saturated rings. The van der Waals surface area contributed by atoms with Gasteiger partial charge in [0, 0.05) is 23.6 Å². The normalized spacial score (nSPS) is 12.0. The number of non-ortho nitro benzene ring substituents is 1. The van der Waals surface area contributed by atoms with Gasteiger partial charge in [-0.3, -0.25) is 20.2 Å². The Hall–Kier alpha value is -4.00. The molecule has 0 atom stereocenters. The molecule has 3 aromatic rings. The van der Waals surface area contributed by atoms with Crippen LogP contribution in [0.5, 0.6) is 0 Å². The molecule has 144 valence electrons. The van der Waals surface area contributed by atoms with Crippen LogP contribution in [0.25, 0.3) is 11.1 Å². The first-order chi connectivity index (χ1) is 14.1. The van der Waals surface area contributed by atoms with Gasteiger partial charge in [0.05, 0.1) is 10.6 Å². The van der Waals surface area contributed by atoms with Crippen molar-refractivity contribution in [2.24, 2.45) is 0 Å². The number of carbonyl (C=O) groups excluding carboxylic acids is 2. The molecular weight excluding hydrogens is 372 g/mol. The van der Waals surface area contributed by atoms with E-state index in [0.29, 0.717) is 6.29 Å². The third-order valence-corrected chi connectivity index (χ3v) is 4.96. The van der Waals surface area contributed by atoms with E-state index in [1.165, 1.54) is 12.1 Å². The van der Waals surface area contributed by atoms with Gasteiger partial charge in [0.2, 0.25) is 0 Å². The van der Waals surface area contributed by atoms with Crippen LogP contribution in [0, 0.1) is 10.1 Å². The Morgan fingerprint density at radius 1 is 1.03 bits per heavy atom.